The van der Waals surface area contributed by atoms with Gasteiger partial charge >= 0.3 is 0 Å². The summed E-state index contributed by atoms with van der Waals surface area (Å²) in [7, 11) is 0. The van der Waals surface area contributed by atoms with Crippen LogP contribution in [0, 0.1) is 11.7 Å². The van der Waals surface area contributed by atoms with Crippen LogP contribution in [0.4, 0.5) is 15.2 Å². The normalized spacial score (nSPS) is 17.6. The molecule has 5 nitrogen and oxygen atoms in total. The molecule has 7 heteroatoms. The van der Waals surface area contributed by atoms with Crippen LogP contribution in [0.15, 0.2) is 29.6 Å². The van der Waals surface area contributed by atoms with E-state index >= 15 is 0 Å². The van der Waals surface area contributed by atoms with Gasteiger partial charge in [0, 0.05) is 30.1 Å². The fourth-order valence-corrected chi connectivity index (χ4v) is 3.77. The molecule has 1 aliphatic carbocycles. The lowest BCUT2D eigenvalue weighted by Crippen LogP contribution is -2.36. The number of morpholine rings is 1. The van der Waals surface area contributed by atoms with Crippen molar-refractivity contribution < 1.29 is 13.9 Å². The molecule has 2 aliphatic rings. The summed E-state index contributed by atoms with van der Waals surface area (Å²) in [6.45, 7) is 3.54. The van der Waals surface area contributed by atoms with Crippen molar-refractivity contribution in [2.24, 2.45) is 5.92 Å². The third kappa shape index (κ3) is 3.82. The summed E-state index contributed by atoms with van der Waals surface area (Å²) in [5.74, 6) is -0.0965. The number of nitrogens with zero attached hydrogens (tertiary/aromatic N) is 3. The summed E-state index contributed by atoms with van der Waals surface area (Å²) < 4.78 is 18.6. The Morgan fingerprint density at radius 3 is 2.68 bits per heavy atom. The van der Waals surface area contributed by atoms with Crippen LogP contribution in [0.25, 0.3) is 0 Å². The van der Waals surface area contributed by atoms with Crippen LogP contribution in [0.3, 0.4) is 0 Å². The minimum atomic E-state index is -0.300. The largest absolute Gasteiger partial charge is 0.378 e. The molecular formula is C18H20FN3O2S. The molecule has 1 aliphatic heterocycles. The molecule has 2 fully saturated rings. The maximum absolute atomic E-state index is 13.2. The SMILES string of the molecule is O=C(C1CC1)N(Cc1csc(N2CCOCC2)n1)c1ccc(F)cc1. The molecule has 132 valence electrons. The standard InChI is InChI=1S/C18H20FN3O2S/c19-14-3-5-16(6-4-14)22(17(23)13-1-2-13)11-15-12-25-18(20-15)21-7-9-24-10-8-21/h3-6,12-13H,1-2,7-11H2. The number of amides is 1. The first-order valence-electron chi connectivity index (χ1n) is 8.55. The van der Waals surface area contributed by atoms with Crippen molar-refractivity contribution in [1.29, 1.82) is 0 Å². The van der Waals surface area contributed by atoms with Gasteiger partial charge in [-0.2, -0.15) is 0 Å². The molecule has 0 spiro atoms. The number of anilines is 2. The quantitative estimate of drug-likeness (QED) is 0.821. The third-order valence-corrected chi connectivity index (χ3v) is 5.42. The lowest BCUT2D eigenvalue weighted by molar-refractivity contribution is -0.119. The Bertz CT molecular complexity index is 739. The zero-order chi connectivity index (χ0) is 17.2. The number of carbonyl (C=O) groups is 1. The van der Waals surface area contributed by atoms with Gasteiger partial charge in [-0.05, 0) is 37.1 Å². The van der Waals surface area contributed by atoms with E-state index in [4.69, 9.17) is 9.72 Å². The highest BCUT2D eigenvalue weighted by atomic mass is 32.1. The summed E-state index contributed by atoms with van der Waals surface area (Å²) in [5.41, 5.74) is 1.59. The van der Waals surface area contributed by atoms with E-state index in [1.165, 1.54) is 12.1 Å². The molecule has 0 N–H and O–H groups in total. The predicted molar refractivity (Wildman–Crippen MR) is 95.5 cm³/mol. The summed E-state index contributed by atoms with van der Waals surface area (Å²) in [6, 6.07) is 6.10. The Morgan fingerprint density at radius 1 is 1.28 bits per heavy atom. The molecule has 1 amide bonds. The Kier molecular flexibility index (Phi) is 4.67. The Hall–Kier alpha value is -1.99. The summed E-state index contributed by atoms with van der Waals surface area (Å²) >= 11 is 1.59. The van der Waals surface area contributed by atoms with Gasteiger partial charge in [0.25, 0.3) is 0 Å². The van der Waals surface area contributed by atoms with Crippen molar-refractivity contribution >= 4 is 28.1 Å². The number of carbonyl (C=O) groups excluding carboxylic acids is 1. The first kappa shape index (κ1) is 16.5. The van der Waals surface area contributed by atoms with Gasteiger partial charge in [0.2, 0.25) is 5.91 Å². The smallest absolute Gasteiger partial charge is 0.230 e. The van der Waals surface area contributed by atoms with Gasteiger partial charge in [-0.1, -0.05) is 0 Å². The van der Waals surface area contributed by atoms with Gasteiger partial charge in [-0.15, -0.1) is 11.3 Å². The van der Waals surface area contributed by atoms with Gasteiger partial charge in [0.05, 0.1) is 25.5 Å². The monoisotopic (exact) mass is 361 g/mol. The van der Waals surface area contributed by atoms with Crippen LogP contribution in [0.1, 0.15) is 18.5 Å². The Labute approximate surface area is 150 Å². The number of ether oxygens (including phenoxy) is 1. The highest BCUT2D eigenvalue weighted by Crippen LogP contribution is 2.34. The molecule has 0 radical (unpaired) electrons. The molecule has 2 heterocycles. The molecular weight excluding hydrogens is 341 g/mol. The average molecular weight is 361 g/mol. The Morgan fingerprint density at radius 2 is 2.00 bits per heavy atom. The molecule has 0 atom stereocenters. The second-order valence-electron chi connectivity index (χ2n) is 6.40. The zero-order valence-electron chi connectivity index (χ0n) is 13.9. The van der Waals surface area contributed by atoms with E-state index in [9.17, 15) is 9.18 Å². The molecule has 1 aromatic heterocycles. The molecule has 2 aromatic rings. The third-order valence-electron chi connectivity index (χ3n) is 4.47. The van der Waals surface area contributed by atoms with Gasteiger partial charge < -0.3 is 14.5 Å². The first-order chi connectivity index (χ1) is 12.2. The van der Waals surface area contributed by atoms with Crippen LogP contribution in [0.2, 0.25) is 0 Å². The van der Waals surface area contributed by atoms with E-state index in [-0.39, 0.29) is 17.6 Å². The molecule has 0 bridgehead atoms. The zero-order valence-corrected chi connectivity index (χ0v) is 14.7. The second kappa shape index (κ2) is 7.09. The van der Waals surface area contributed by atoms with Crippen molar-refractivity contribution in [3.63, 3.8) is 0 Å². The van der Waals surface area contributed by atoms with Crippen LogP contribution in [-0.4, -0.2) is 37.2 Å². The van der Waals surface area contributed by atoms with Crippen molar-refractivity contribution in [1.82, 2.24) is 4.98 Å². The lowest BCUT2D eigenvalue weighted by Gasteiger charge is -2.26. The molecule has 1 aromatic carbocycles. The van der Waals surface area contributed by atoms with E-state index in [0.29, 0.717) is 6.54 Å². The van der Waals surface area contributed by atoms with Gasteiger partial charge in [-0.25, -0.2) is 9.37 Å². The second-order valence-corrected chi connectivity index (χ2v) is 7.23. The first-order valence-corrected chi connectivity index (χ1v) is 9.43. The minimum Gasteiger partial charge on any atom is -0.378 e. The van der Waals surface area contributed by atoms with Crippen molar-refractivity contribution in [2.45, 2.75) is 19.4 Å². The maximum Gasteiger partial charge on any atom is 0.230 e. The maximum atomic E-state index is 13.2. The number of thiazole rings is 1. The van der Waals surface area contributed by atoms with Gasteiger partial charge in [-0.3, -0.25) is 4.79 Å². The fourth-order valence-electron chi connectivity index (χ4n) is 2.90. The van der Waals surface area contributed by atoms with Crippen LogP contribution >= 0.6 is 11.3 Å². The van der Waals surface area contributed by atoms with Crippen LogP contribution < -0.4 is 9.80 Å². The van der Waals surface area contributed by atoms with E-state index < -0.39 is 0 Å². The van der Waals surface area contributed by atoms with E-state index in [0.717, 1.165) is 55.7 Å². The number of hydrogen-bond donors (Lipinski definition) is 0. The minimum absolute atomic E-state index is 0.0994. The summed E-state index contributed by atoms with van der Waals surface area (Å²) in [5, 5.41) is 2.97. The molecule has 0 unspecified atom stereocenters. The van der Waals surface area contributed by atoms with Crippen molar-refractivity contribution in [3.8, 4) is 0 Å². The van der Waals surface area contributed by atoms with Crippen LogP contribution in [-0.2, 0) is 16.1 Å². The highest BCUT2D eigenvalue weighted by molar-refractivity contribution is 7.13. The number of hydrogen-bond acceptors (Lipinski definition) is 5. The molecule has 1 saturated carbocycles. The van der Waals surface area contributed by atoms with Crippen molar-refractivity contribution in [3.05, 3.63) is 41.2 Å². The molecule has 1 saturated heterocycles. The fraction of sp³-hybridized carbons (Fsp3) is 0.444. The number of rotatable bonds is 5. The van der Waals surface area contributed by atoms with E-state index in [1.807, 2.05) is 5.38 Å². The summed E-state index contributed by atoms with van der Waals surface area (Å²) in [6.07, 6.45) is 1.87. The predicted octanol–water partition coefficient (Wildman–Crippen LogP) is 3.06. The van der Waals surface area contributed by atoms with E-state index in [2.05, 4.69) is 4.90 Å². The number of halogens is 1. The number of aromatic nitrogens is 1. The van der Waals surface area contributed by atoms with Gasteiger partial charge in [0.1, 0.15) is 5.82 Å². The highest BCUT2D eigenvalue weighted by Gasteiger charge is 2.34. The van der Waals surface area contributed by atoms with Crippen molar-refractivity contribution in [2.75, 3.05) is 36.1 Å². The average Bonchev–Trinajstić information content (AvgIpc) is 3.39. The summed E-state index contributed by atoms with van der Waals surface area (Å²) in [4.78, 5) is 21.3. The number of benzene rings is 1. The van der Waals surface area contributed by atoms with Gasteiger partial charge in [0.15, 0.2) is 5.13 Å². The van der Waals surface area contributed by atoms with Crippen LogP contribution in [0.5, 0.6) is 0 Å². The van der Waals surface area contributed by atoms with E-state index in [1.54, 1.807) is 28.4 Å². The lowest BCUT2D eigenvalue weighted by atomic mass is 10.2. The topological polar surface area (TPSA) is 45.7 Å². The molecule has 25 heavy (non-hydrogen) atoms. The Balaban J connectivity index is 1.53. The molecule has 4 rings (SSSR count).